The second kappa shape index (κ2) is 5.54. The largest absolute Gasteiger partial charge is 0.352 e. The van der Waals surface area contributed by atoms with E-state index in [0.29, 0.717) is 29.5 Å². The lowest BCUT2D eigenvalue weighted by Crippen LogP contribution is -2.29. The molecule has 1 aromatic rings. The van der Waals surface area contributed by atoms with Gasteiger partial charge in [-0.1, -0.05) is 6.92 Å². The van der Waals surface area contributed by atoms with Gasteiger partial charge in [0.05, 0.1) is 4.90 Å². The first-order valence-electron chi connectivity index (χ1n) is 6.70. The molecule has 0 aliphatic heterocycles. The molecule has 110 valence electrons. The van der Waals surface area contributed by atoms with E-state index in [1.807, 2.05) is 0 Å². The first kappa shape index (κ1) is 15.0. The number of amides is 1. The third-order valence-corrected chi connectivity index (χ3v) is 4.55. The Morgan fingerprint density at radius 3 is 2.60 bits per heavy atom. The predicted molar refractivity (Wildman–Crippen MR) is 76.8 cm³/mol. The molecular formula is C14H20N2O3S. The Labute approximate surface area is 119 Å². The van der Waals surface area contributed by atoms with E-state index in [1.165, 1.54) is 25.0 Å². The zero-order valence-electron chi connectivity index (χ0n) is 11.7. The maximum absolute atomic E-state index is 12.1. The molecule has 6 heteroatoms. The highest BCUT2D eigenvalue weighted by Crippen LogP contribution is 2.36. The summed E-state index contributed by atoms with van der Waals surface area (Å²) >= 11 is 0. The molecule has 1 aliphatic carbocycles. The lowest BCUT2D eigenvalue weighted by molar-refractivity contribution is 0.0946. The molecule has 1 fully saturated rings. The summed E-state index contributed by atoms with van der Waals surface area (Å²) in [5.74, 6) is 0.917. The van der Waals surface area contributed by atoms with Crippen LogP contribution in [0.4, 0.5) is 0 Å². The monoisotopic (exact) mass is 296 g/mol. The average molecular weight is 296 g/mol. The van der Waals surface area contributed by atoms with Crippen LogP contribution in [-0.4, -0.2) is 20.9 Å². The molecule has 5 nitrogen and oxygen atoms in total. The third-order valence-electron chi connectivity index (χ3n) is 3.65. The second-order valence-electron chi connectivity index (χ2n) is 5.60. The highest BCUT2D eigenvalue weighted by atomic mass is 32.2. The summed E-state index contributed by atoms with van der Waals surface area (Å²) in [6.07, 6.45) is 2.47. The number of hydrogen-bond donors (Lipinski definition) is 2. The van der Waals surface area contributed by atoms with Crippen LogP contribution < -0.4 is 10.5 Å². The van der Waals surface area contributed by atoms with Crippen molar-refractivity contribution < 1.29 is 13.2 Å². The minimum atomic E-state index is -3.80. The number of carbonyl (C=O) groups is 1. The molecule has 2 rings (SSSR count). The van der Waals surface area contributed by atoms with Crippen LogP contribution >= 0.6 is 0 Å². The SMILES string of the molecule is Cc1cc(C(=O)NCC(C)C2CC2)cc(S(N)(=O)=O)c1. The van der Waals surface area contributed by atoms with Crippen molar-refractivity contribution in [1.29, 1.82) is 0 Å². The first-order valence-corrected chi connectivity index (χ1v) is 8.24. The molecule has 1 unspecified atom stereocenters. The van der Waals surface area contributed by atoms with Crippen molar-refractivity contribution in [1.82, 2.24) is 5.32 Å². The van der Waals surface area contributed by atoms with Gasteiger partial charge < -0.3 is 5.32 Å². The number of carbonyl (C=O) groups excluding carboxylic acids is 1. The lowest BCUT2D eigenvalue weighted by atomic mass is 10.1. The zero-order valence-corrected chi connectivity index (χ0v) is 12.5. The number of primary sulfonamides is 1. The molecular weight excluding hydrogens is 276 g/mol. The summed E-state index contributed by atoms with van der Waals surface area (Å²) in [6.45, 7) is 4.46. The highest BCUT2D eigenvalue weighted by molar-refractivity contribution is 7.89. The number of nitrogens with two attached hydrogens (primary N) is 1. The van der Waals surface area contributed by atoms with E-state index < -0.39 is 10.0 Å². The fourth-order valence-electron chi connectivity index (χ4n) is 2.23. The highest BCUT2D eigenvalue weighted by Gasteiger charge is 2.28. The Balaban J connectivity index is 2.10. The van der Waals surface area contributed by atoms with Crippen LogP contribution in [0, 0.1) is 18.8 Å². The van der Waals surface area contributed by atoms with Gasteiger partial charge in [0.2, 0.25) is 10.0 Å². The smallest absolute Gasteiger partial charge is 0.251 e. The van der Waals surface area contributed by atoms with Crippen molar-refractivity contribution in [3.8, 4) is 0 Å². The Hall–Kier alpha value is -1.40. The first-order chi connectivity index (χ1) is 9.27. The summed E-state index contributed by atoms with van der Waals surface area (Å²) in [7, 11) is -3.80. The topological polar surface area (TPSA) is 89.3 Å². The van der Waals surface area contributed by atoms with Crippen molar-refractivity contribution in [3.63, 3.8) is 0 Å². The summed E-state index contributed by atoms with van der Waals surface area (Å²) in [6, 6.07) is 4.43. The minimum Gasteiger partial charge on any atom is -0.352 e. The molecule has 20 heavy (non-hydrogen) atoms. The molecule has 0 radical (unpaired) electrons. The van der Waals surface area contributed by atoms with Crippen molar-refractivity contribution in [3.05, 3.63) is 29.3 Å². The van der Waals surface area contributed by atoms with E-state index in [0.717, 1.165) is 0 Å². The van der Waals surface area contributed by atoms with Crippen molar-refractivity contribution in [2.75, 3.05) is 6.54 Å². The Morgan fingerprint density at radius 2 is 2.05 bits per heavy atom. The average Bonchev–Trinajstić information content (AvgIpc) is 3.17. The molecule has 1 aromatic carbocycles. The van der Waals surface area contributed by atoms with Crippen LogP contribution in [-0.2, 0) is 10.0 Å². The number of sulfonamides is 1. The van der Waals surface area contributed by atoms with Gasteiger partial charge >= 0.3 is 0 Å². The molecule has 0 bridgehead atoms. The van der Waals surface area contributed by atoms with Gasteiger partial charge in [0, 0.05) is 12.1 Å². The number of nitrogens with one attached hydrogen (secondary N) is 1. The minimum absolute atomic E-state index is 0.0297. The van der Waals surface area contributed by atoms with Gasteiger partial charge in [-0.2, -0.15) is 0 Å². The molecule has 1 aliphatic rings. The van der Waals surface area contributed by atoms with E-state index in [1.54, 1.807) is 13.0 Å². The van der Waals surface area contributed by atoms with Crippen LogP contribution in [0.5, 0.6) is 0 Å². The number of benzene rings is 1. The fourth-order valence-corrected chi connectivity index (χ4v) is 2.87. The lowest BCUT2D eigenvalue weighted by Gasteiger charge is -2.12. The number of rotatable bonds is 5. The Kier molecular flexibility index (Phi) is 4.15. The molecule has 0 spiro atoms. The normalized spacial score (nSPS) is 16.8. The second-order valence-corrected chi connectivity index (χ2v) is 7.17. The van der Waals surface area contributed by atoms with E-state index in [-0.39, 0.29) is 10.8 Å². The van der Waals surface area contributed by atoms with E-state index >= 15 is 0 Å². The van der Waals surface area contributed by atoms with Gasteiger partial charge in [-0.05, 0) is 55.4 Å². The van der Waals surface area contributed by atoms with Gasteiger partial charge in [0.25, 0.3) is 5.91 Å². The summed E-state index contributed by atoms with van der Waals surface area (Å²) in [5.41, 5.74) is 1.02. The van der Waals surface area contributed by atoms with Gasteiger partial charge in [0.1, 0.15) is 0 Å². The van der Waals surface area contributed by atoms with E-state index in [2.05, 4.69) is 12.2 Å². The molecule has 0 saturated heterocycles. The number of hydrogen-bond acceptors (Lipinski definition) is 3. The molecule has 3 N–H and O–H groups in total. The standard InChI is InChI=1S/C14H20N2O3S/c1-9-5-12(7-13(6-9)20(15,18)19)14(17)16-8-10(2)11-3-4-11/h5-7,10-11H,3-4,8H2,1-2H3,(H,16,17)(H2,15,18,19). The van der Waals surface area contributed by atoms with Crippen LogP contribution in [0.15, 0.2) is 23.1 Å². The maximum atomic E-state index is 12.1. The van der Waals surface area contributed by atoms with Crippen molar-refractivity contribution >= 4 is 15.9 Å². The van der Waals surface area contributed by atoms with Crippen molar-refractivity contribution in [2.45, 2.75) is 31.6 Å². The third kappa shape index (κ3) is 3.80. The molecule has 1 amide bonds. The molecule has 1 saturated carbocycles. The van der Waals surface area contributed by atoms with Crippen LogP contribution in [0.2, 0.25) is 0 Å². The predicted octanol–water partition coefficient (Wildman–Crippen LogP) is 1.42. The van der Waals surface area contributed by atoms with Crippen molar-refractivity contribution in [2.24, 2.45) is 17.0 Å². The summed E-state index contributed by atoms with van der Waals surface area (Å²) in [4.78, 5) is 12.0. The van der Waals surface area contributed by atoms with Crippen LogP contribution in [0.1, 0.15) is 35.7 Å². The number of aryl methyl sites for hydroxylation is 1. The van der Waals surface area contributed by atoms with Gasteiger partial charge in [-0.15, -0.1) is 0 Å². The van der Waals surface area contributed by atoms with Crippen LogP contribution in [0.3, 0.4) is 0 Å². The van der Waals surface area contributed by atoms with E-state index in [4.69, 9.17) is 5.14 Å². The summed E-state index contributed by atoms with van der Waals surface area (Å²) in [5, 5.41) is 7.96. The van der Waals surface area contributed by atoms with Crippen LogP contribution in [0.25, 0.3) is 0 Å². The van der Waals surface area contributed by atoms with Gasteiger partial charge in [-0.25, -0.2) is 13.6 Å². The zero-order chi connectivity index (χ0) is 14.9. The maximum Gasteiger partial charge on any atom is 0.251 e. The molecule has 0 heterocycles. The fraction of sp³-hybridized carbons (Fsp3) is 0.500. The van der Waals surface area contributed by atoms with E-state index in [9.17, 15) is 13.2 Å². The Morgan fingerprint density at radius 1 is 1.40 bits per heavy atom. The quantitative estimate of drug-likeness (QED) is 0.861. The summed E-state index contributed by atoms with van der Waals surface area (Å²) < 4.78 is 22.7. The Bertz CT molecular complexity index is 621. The van der Waals surface area contributed by atoms with Gasteiger partial charge in [-0.3, -0.25) is 4.79 Å². The van der Waals surface area contributed by atoms with Gasteiger partial charge in [0.15, 0.2) is 0 Å². The molecule has 1 atom stereocenters. The molecule has 0 aromatic heterocycles.